The molecule has 2 saturated heterocycles. The molecule has 9 heteroatoms. The number of methoxy groups -OCH3 is 1. The van der Waals surface area contributed by atoms with E-state index in [4.69, 9.17) is 19.4 Å². The van der Waals surface area contributed by atoms with Crippen LogP contribution >= 0.6 is 0 Å². The summed E-state index contributed by atoms with van der Waals surface area (Å²) in [7, 11) is 1.35. The molecule has 2 unspecified atom stereocenters. The molecule has 2 atom stereocenters. The van der Waals surface area contributed by atoms with Gasteiger partial charge < -0.3 is 29.6 Å². The van der Waals surface area contributed by atoms with Crippen molar-refractivity contribution in [1.29, 1.82) is 0 Å². The number of aromatic amines is 1. The third kappa shape index (κ3) is 20.5. The number of hydrogen-bond donors (Lipinski definition) is 3. The molecule has 0 aromatic carbocycles. The monoisotopic (exact) mass is 624 g/mol. The van der Waals surface area contributed by atoms with Crippen LogP contribution in [-0.2, 0) is 23.8 Å². The van der Waals surface area contributed by atoms with Gasteiger partial charge in [-0.3, -0.25) is 14.4 Å². The van der Waals surface area contributed by atoms with Gasteiger partial charge in [-0.15, -0.1) is 0 Å². The van der Waals surface area contributed by atoms with E-state index in [1.165, 1.54) is 64.8 Å². The highest BCUT2D eigenvalue weighted by Gasteiger charge is 2.42. The third-order valence-electron chi connectivity index (χ3n) is 7.86. The van der Waals surface area contributed by atoms with E-state index >= 15 is 0 Å². The topological polar surface area (TPSA) is 127 Å². The predicted octanol–water partition coefficient (Wildman–Crippen LogP) is 7.03. The van der Waals surface area contributed by atoms with Crippen molar-refractivity contribution in [2.75, 3.05) is 40.0 Å². The lowest BCUT2D eigenvalue weighted by Gasteiger charge is -2.44. The minimum Gasteiger partial charge on any atom is -0.483 e. The molecular formula is C35H64N2O7. The zero-order valence-electron chi connectivity index (χ0n) is 29.4. The summed E-state index contributed by atoms with van der Waals surface area (Å²) in [6.45, 7) is 23.5. The number of esters is 1. The second-order valence-corrected chi connectivity index (χ2v) is 11.9. The summed E-state index contributed by atoms with van der Waals surface area (Å²) in [5.41, 5.74) is 3.33. The Morgan fingerprint density at radius 3 is 1.98 bits per heavy atom. The van der Waals surface area contributed by atoms with Gasteiger partial charge in [0.1, 0.15) is 5.60 Å². The molecule has 2 fully saturated rings. The van der Waals surface area contributed by atoms with E-state index in [0.717, 1.165) is 49.7 Å². The van der Waals surface area contributed by atoms with Crippen molar-refractivity contribution in [3.63, 3.8) is 0 Å². The zero-order chi connectivity index (χ0) is 34.0. The van der Waals surface area contributed by atoms with Gasteiger partial charge >= 0.3 is 5.97 Å². The molecule has 0 aliphatic carbocycles. The number of carbonyl (C=O) groups is 2. The van der Waals surface area contributed by atoms with Gasteiger partial charge in [0.25, 0.3) is 12.0 Å². The Kier molecular flexibility index (Phi) is 26.7. The summed E-state index contributed by atoms with van der Waals surface area (Å²) < 4.78 is 15.3. The van der Waals surface area contributed by atoms with E-state index in [1.54, 1.807) is 0 Å². The fourth-order valence-corrected chi connectivity index (χ4v) is 4.05. The number of nitrogens with one attached hydrogen (secondary N) is 2. The number of ether oxygens (including phenoxy) is 3. The molecule has 44 heavy (non-hydrogen) atoms. The van der Waals surface area contributed by atoms with E-state index in [2.05, 4.69) is 69.6 Å². The molecule has 9 nitrogen and oxygen atoms in total. The number of rotatable bonds is 11. The van der Waals surface area contributed by atoms with Crippen LogP contribution in [-0.4, -0.2) is 68.2 Å². The highest BCUT2D eigenvalue weighted by molar-refractivity contribution is 5.65. The van der Waals surface area contributed by atoms with Gasteiger partial charge in [-0.05, 0) is 87.1 Å². The molecule has 3 heterocycles. The standard InChI is InChI=1S/C15H23NO.C12H24O2.C4H9N.C3H6O2.CH2O2/c1-5-7-13(8-11(3)6-2)14-9-12(4)15(17)16-10-14;1-5-11(4)6-7-14-12(10(2)3)8-13-9-12;1-2-4-5-3-1;1-3(4)5-2;2-1-3/h7,9-11H,5-6,8H2,1-4H3,(H,16,17);10-11H,5-9H2,1-4H3;5H,1-4H2;1-2H3;1H,(H,2,3)/b13-7+;;;;. The smallest absolute Gasteiger partial charge is 0.302 e. The second kappa shape index (κ2) is 26.9. The Bertz CT molecular complexity index is 943. The quantitative estimate of drug-likeness (QED) is 0.177. The Balaban J connectivity index is 0. The van der Waals surface area contributed by atoms with Crippen LogP contribution < -0.4 is 10.9 Å². The van der Waals surface area contributed by atoms with Gasteiger partial charge in [-0.2, -0.15) is 0 Å². The van der Waals surface area contributed by atoms with Crippen LogP contribution in [0.3, 0.4) is 0 Å². The zero-order valence-corrected chi connectivity index (χ0v) is 29.4. The Labute approximate surface area is 267 Å². The maximum atomic E-state index is 11.4. The van der Waals surface area contributed by atoms with Gasteiger partial charge in [0.2, 0.25) is 0 Å². The molecular weight excluding hydrogens is 560 g/mol. The van der Waals surface area contributed by atoms with E-state index in [9.17, 15) is 9.59 Å². The molecule has 3 N–H and O–H groups in total. The first kappa shape index (κ1) is 43.6. The molecule has 0 saturated carbocycles. The van der Waals surface area contributed by atoms with E-state index < -0.39 is 0 Å². The second-order valence-electron chi connectivity index (χ2n) is 11.9. The van der Waals surface area contributed by atoms with Crippen molar-refractivity contribution in [2.45, 2.75) is 113 Å². The molecule has 0 spiro atoms. The van der Waals surface area contributed by atoms with Gasteiger partial charge in [0.15, 0.2) is 0 Å². The number of aromatic nitrogens is 1. The molecule has 2 aliphatic rings. The Morgan fingerprint density at radius 2 is 1.64 bits per heavy atom. The summed E-state index contributed by atoms with van der Waals surface area (Å²) in [6.07, 6.45) is 12.6. The van der Waals surface area contributed by atoms with Crippen molar-refractivity contribution in [2.24, 2.45) is 17.8 Å². The molecule has 1 aromatic heterocycles. The summed E-state index contributed by atoms with van der Waals surface area (Å²) >= 11 is 0. The number of hydrogen-bond acceptors (Lipinski definition) is 7. The predicted molar refractivity (Wildman–Crippen MR) is 181 cm³/mol. The van der Waals surface area contributed by atoms with Crippen LogP contribution in [0.2, 0.25) is 0 Å². The lowest BCUT2D eigenvalue weighted by atomic mass is 9.88. The van der Waals surface area contributed by atoms with Gasteiger partial charge in [-0.25, -0.2) is 0 Å². The number of carboxylic acid groups (broad SMARTS) is 1. The highest BCUT2D eigenvalue weighted by atomic mass is 16.6. The third-order valence-corrected chi connectivity index (χ3v) is 7.86. The van der Waals surface area contributed by atoms with Crippen molar-refractivity contribution in [1.82, 2.24) is 10.3 Å². The number of pyridine rings is 1. The van der Waals surface area contributed by atoms with E-state index in [1.807, 2.05) is 19.2 Å². The molecule has 0 bridgehead atoms. The van der Waals surface area contributed by atoms with Gasteiger partial charge in [0.05, 0.1) is 20.3 Å². The minimum absolute atomic E-state index is 0.00754. The molecule has 256 valence electrons. The van der Waals surface area contributed by atoms with Gasteiger partial charge in [-0.1, -0.05) is 67.4 Å². The average Bonchev–Trinajstić information content (AvgIpc) is 3.57. The van der Waals surface area contributed by atoms with E-state index in [0.29, 0.717) is 11.8 Å². The molecule has 0 amide bonds. The summed E-state index contributed by atoms with van der Waals surface area (Å²) in [5, 5.41) is 10.1. The number of carbonyl (C=O) groups excluding carboxylic acids is 1. The van der Waals surface area contributed by atoms with Crippen LogP contribution in [0.25, 0.3) is 5.57 Å². The highest BCUT2D eigenvalue weighted by Crippen LogP contribution is 2.30. The minimum atomic E-state index is -0.250. The number of aryl methyl sites for hydroxylation is 1. The summed E-state index contributed by atoms with van der Waals surface area (Å²) in [6, 6.07) is 1.99. The first-order valence-corrected chi connectivity index (χ1v) is 16.3. The maximum absolute atomic E-state index is 11.4. The van der Waals surface area contributed by atoms with Crippen LogP contribution in [0.1, 0.15) is 111 Å². The summed E-state index contributed by atoms with van der Waals surface area (Å²) in [4.78, 5) is 32.1. The van der Waals surface area contributed by atoms with Crippen LogP contribution in [0.4, 0.5) is 0 Å². The van der Waals surface area contributed by atoms with Crippen LogP contribution in [0.15, 0.2) is 23.1 Å². The maximum Gasteiger partial charge on any atom is 0.302 e. The van der Waals surface area contributed by atoms with Crippen LogP contribution in [0, 0.1) is 24.7 Å². The molecule has 2 aliphatic heterocycles. The molecule has 0 radical (unpaired) electrons. The molecule has 3 rings (SSSR count). The van der Waals surface area contributed by atoms with Gasteiger partial charge in [0, 0.05) is 25.3 Å². The average molecular weight is 625 g/mol. The van der Waals surface area contributed by atoms with Crippen molar-refractivity contribution >= 4 is 18.0 Å². The first-order valence-electron chi connectivity index (χ1n) is 16.3. The fraction of sp³-hybridized carbons (Fsp3) is 0.743. The Morgan fingerprint density at radius 1 is 1.09 bits per heavy atom. The van der Waals surface area contributed by atoms with E-state index in [-0.39, 0.29) is 23.6 Å². The van der Waals surface area contributed by atoms with Crippen molar-refractivity contribution in [3.05, 3.63) is 39.8 Å². The summed E-state index contributed by atoms with van der Waals surface area (Å²) in [5.74, 6) is 1.78. The first-order chi connectivity index (χ1) is 20.9. The fourth-order valence-electron chi connectivity index (χ4n) is 4.05. The number of allylic oxidation sites excluding steroid dienone is 2. The molecule has 1 aromatic rings. The largest absolute Gasteiger partial charge is 0.483 e. The lowest BCUT2D eigenvalue weighted by molar-refractivity contribution is -0.231. The SMILES string of the molecule is C1CCNC1.CC/C=C(\CC(C)CC)c1c[nH]c(=O)c(C)c1.CCC(C)CCOC1(C(C)C)COC1.COC(C)=O.O=CO. The normalized spacial score (nSPS) is 16.1. The van der Waals surface area contributed by atoms with Crippen molar-refractivity contribution < 1.29 is 28.9 Å². The van der Waals surface area contributed by atoms with Crippen molar-refractivity contribution in [3.8, 4) is 0 Å². The lowest BCUT2D eigenvalue weighted by Crippen LogP contribution is -2.56. The Hall–Kier alpha value is -2.49. The number of H-pyrrole nitrogens is 1. The van der Waals surface area contributed by atoms with Crippen LogP contribution in [0.5, 0.6) is 0 Å².